The van der Waals surface area contributed by atoms with Gasteiger partial charge in [0, 0.05) is 6.07 Å². The maximum Gasteiger partial charge on any atom is 0.154 e. The number of methoxy groups -OCH3 is 1. The Labute approximate surface area is 115 Å². The minimum Gasteiger partial charge on any atom is -0.494 e. The van der Waals surface area contributed by atoms with Gasteiger partial charge in [-0.3, -0.25) is 0 Å². The van der Waals surface area contributed by atoms with Crippen molar-refractivity contribution in [1.29, 1.82) is 0 Å². The second-order valence-electron chi connectivity index (χ2n) is 3.55. The largest absolute Gasteiger partial charge is 0.494 e. The van der Waals surface area contributed by atoms with Crippen molar-refractivity contribution in [2.45, 2.75) is 0 Å². The first-order chi connectivity index (χ1) is 8.61. The summed E-state index contributed by atoms with van der Waals surface area (Å²) in [6, 6.07) is 10.3. The third-order valence-electron chi connectivity index (χ3n) is 2.36. The van der Waals surface area contributed by atoms with Gasteiger partial charge in [-0.25, -0.2) is 0 Å². The maximum absolute atomic E-state index is 5.91. The number of benzene rings is 2. The van der Waals surface area contributed by atoms with Gasteiger partial charge in [0.1, 0.15) is 17.2 Å². The maximum atomic E-state index is 5.91. The zero-order chi connectivity index (χ0) is 13.1. The molecule has 0 saturated heterocycles. The predicted octanol–water partition coefficient (Wildman–Crippen LogP) is 4.38. The summed E-state index contributed by atoms with van der Waals surface area (Å²) in [4.78, 5) is 0. The van der Waals surface area contributed by atoms with Crippen LogP contribution in [0.15, 0.2) is 36.4 Å². The molecule has 3 nitrogen and oxygen atoms in total. The monoisotopic (exact) mass is 283 g/mol. The third-order valence-corrected chi connectivity index (χ3v) is 3.10. The Bertz CT molecular complexity index is 573. The molecule has 0 bridgehead atoms. The van der Waals surface area contributed by atoms with Gasteiger partial charge in [0.25, 0.3) is 0 Å². The molecule has 0 aromatic heterocycles. The summed E-state index contributed by atoms with van der Waals surface area (Å²) in [6.07, 6.45) is 0. The first kappa shape index (κ1) is 12.9. The van der Waals surface area contributed by atoms with Crippen LogP contribution in [0.4, 0.5) is 5.69 Å². The average molecular weight is 284 g/mol. The molecule has 2 N–H and O–H groups in total. The van der Waals surface area contributed by atoms with Gasteiger partial charge in [-0.1, -0.05) is 29.3 Å². The lowest BCUT2D eigenvalue weighted by Crippen LogP contribution is -1.95. The van der Waals surface area contributed by atoms with Crippen molar-refractivity contribution in [2.24, 2.45) is 0 Å². The van der Waals surface area contributed by atoms with Gasteiger partial charge < -0.3 is 15.2 Å². The molecule has 0 unspecified atom stereocenters. The highest BCUT2D eigenvalue weighted by Gasteiger charge is 2.08. The first-order valence-corrected chi connectivity index (χ1v) is 5.93. The van der Waals surface area contributed by atoms with Crippen molar-refractivity contribution in [1.82, 2.24) is 0 Å². The van der Waals surface area contributed by atoms with E-state index in [1.54, 1.807) is 43.5 Å². The summed E-state index contributed by atoms with van der Waals surface area (Å²) in [5.41, 5.74) is 6.34. The molecule has 0 saturated carbocycles. The molecule has 18 heavy (non-hydrogen) atoms. The normalized spacial score (nSPS) is 10.2. The summed E-state index contributed by atoms with van der Waals surface area (Å²) >= 11 is 11.7. The van der Waals surface area contributed by atoms with Gasteiger partial charge >= 0.3 is 0 Å². The van der Waals surface area contributed by atoms with Crippen LogP contribution < -0.4 is 15.2 Å². The van der Waals surface area contributed by atoms with E-state index in [2.05, 4.69) is 0 Å². The van der Waals surface area contributed by atoms with Crippen molar-refractivity contribution in [2.75, 3.05) is 12.8 Å². The Morgan fingerprint density at radius 3 is 2.39 bits per heavy atom. The van der Waals surface area contributed by atoms with E-state index in [9.17, 15) is 0 Å². The number of hydrogen-bond donors (Lipinski definition) is 1. The van der Waals surface area contributed by atoms with Gasteiger partial charge in [-0.15, -0.1) is 0 Å². The number of halogens is 2. The molecule has 0 atom stereocenters. The van der Waals surface area contributed by atoms with E-state index in [-0.39, 0.29) is 0 Å². The summed E-state index contributed by atoms with van der Waals surface area (Å²) in [5, 5.41) is 0.901. The number of nitrogen functional groups attached to an aromatic ring is 1. The van der Waals surface area contributed by atoms with Gasteiger partial charge in [-0.2, -0.15) is 0 Å². The molecule has 0 amide bonds. The standard InChI is InChI=1S/C13H11Cl2NO2/c1-17-11-3-2-4-12(13(11)16)18-8-5-6-9(14)10(15)7-8/h2-7H,16H2,1H3. The van der Waals surface area contributed by atoms with Crippen molar-refractivity contribution < 1.29 is 9.47 Å². The van der Waals surface area contributed by atoms with Crippen LogP contribution in [0.1, 0.15) is 0 Å². The van der Waals surface area contributed by atoms with E-state index in [0.717, 1.165) is 0 Å². The lowest BCUT2D eigenvalue weighted by atomic mass is 10.2. The molecular formula is C13H11Cl2NO2. The Morgan fingerprint density at radius 1 is 1.00 bits per heavy atom. The van der Waals surface area contributed by atoms with Crippen molar-refractivity contribution in [3.8, 4) is 17.2 Å². The zero-order valence-corrected chi connectivity index (χ0v) is 11.1. The molecule has 0 spiro atoms. The topological polar surface area (TPSA) is 44.5 Å². The second kappa shape index (κ2) is 5.38. The van der Waals surface area contributed by atoms with Crippen LogP contribution in [-0.4, -0.2) is 7.11 Å². The molecule has 0 radical (unpaired) electrons. The van der Waals surface area contributed by atoms with Crippen molar-refractivity contribution in [3.63, 3.8) is 0 Å². The van der Waals surface area contributed by atoms with Crippen LogP contribution >= 0.6 is 23.2 Å². The van der Waals surface area contributed by atoms with Gasteiger partial charge in [0.2, 0.25) is 0 Å². The van der Waals surface area contributed by atoms with Crippen molar-refractivity contribution >= 4 is 28.9 Å². The smallest absolute Gasteiger partial charge is 0.154 e. The van der Waals surface area contributed by atoms with E-state index < -0.39 is 0 Å². The molecule has 0 fully saturated rings. The van der Waals surface area contributed by atoms with Gasteiger partial charge in [0.05, 0.1) is 17.2 Å². The highest BCUT2D eigenvalue weighted by molar-refractivity contribution is 6.42. The summed E-state index contributed by atoms with van der Waals surface area (Å²) in [5.74, 6) is 1.63. The van der Waals surface area contributed by atoms with Gasteiger partial charge in [-0.05, 0) is 24.3 Å². The Balaban J connectivity index is 2.31. The van der Waals surface area contributed by atoms with Gasteiger partial charge in [0.15, 0.2) is 5.75 Å². The van der Waals surface area contributed by atoms with Crippen LogP contribution in [-0.2, 0) is 0 Å². The second-order valence-corrected chi connectivity index (χ2v) is 4.36. The van der Waals surface area contributed by atoms with Crippen molar-refractivity contribution in [3.05, 3.63) is 46.4 Å². The summed E-state index contributed by atoms with van der Waals surface area (Å²) < 4.78 is 10.8. The molecule has 0 aliphatic heterocycles. The van der Waals surface area contributed by atoms with Crippen LogP contribution in [0.3, 0.4) is 0 Å². The van der Waals surface area contributed by atoms with E-state index in [1.807, 2.05) is 0 Å². The van der Waals surface area contributed by atoms with E-state index in [0.29, 0.717) is 33.0 Å². The minimum atomic E-state index is 0.427. The number of anilines is 1. The predicted molar refractivity (Wildman–Crippen MR) is 73.9 cm³/mol. The van der Waals surface area contributed by atoms with Crippen LogP contribution in [0.25, 0.3) is 0 Å². The molecule has 2 aromatic rings. The summed E-state index contributed by atoms with van der Waals surface area (Å²) in [6.45, 7) is 0. The Morgan fingerprint density at radius 2 is 1.72 bits per heavy atom. The third kappa shape index (κ3) is 2.63. The van der Waals surface area contributed by atoms with E-state index in [1.165, 1.54) is 0 Å². The van der Waals surface area contributed by atoms with E-state index in [4.69, 9.17) is 38.4 Å². The van der Waals surface area contributed by atoms with Crippen LogP contribution in [0.5, 0.6) is 17.2 Å². The molecular weight excluding hydrogens is 273 g/mol. The number of rotatable bonds is 3. The molecule has 0 heterocycles. The minimum absolute atomic E-state index is 0.427. The molecule has 0 aliphatic rings. The molecule has 94 valence electrons. The lowest BCUT2D eigenvalue weighted by Gasteiger charge is -2.11. The highest BCUT2D eigenvalue weighted by Crippen LogP contribution is 2.35. The SMILES string of the molecule is COc1cccc(Oc2ccc(Cl)c(Cl)c2)c1N. The summed E-state index contributed by atoms with van der Waals surface area (Å²) in [7, 11) is 1.55. The fourth-order valence-electron chi connectivity index (χ4n) is 1.46. The number of ether oxygens (including phenoxy) is 2. The Hall–Kier alpha value is -1.58. The molecule has 0 aliphatic carbocycles. The zero-order valence-electron chi connectivity index (χ0n) is 9.61. The fraction of sp³-hybridized carbons (Fsp3) is 0.0769. The highest BCUT2D eigenvalue weighted by atomic mass is 35.5. The number of hydrogen-bond acceptors (Lipinski definition) is 3. The van der Waals surface area contributed by atoms with Crippen LogP contribution in [0.2, 0.25) is 10.0 Å². The fourth-order valence-corrected chi connectivity index (χ4v) is 1.75. The number of nitrogens with two attached hydrogens (primary N) is 1. The molecule has 2 rings (SSSR count). The Kier molecular flexibility index (Phi) is 3.84. The quantitative estimate of drug-likeness (QED) is 0.851. The first-order valence-electron chi connectivity index (χ1n) is 5.17. The van der Waals surface area contributed by atoms with Crippen LogP contribution in [0, 0.1) is 0 Å². The average Bonchev–Trinajstić information content (AvgIpc) is 2.36. The molecule has 5 heteroatoms. The van der Waals surface area contributed by atoms with E-state index >= 15 is 0 Å². The lowest BCUT2D eigenvalue weighted by molar-refractivity contribution is 0.412. The number of para-hydroxylation sites is 1. The molecule has 2 aromatic carbocycles.